The molecule has 1 heterocycles. The van der Waals surface area contributed by atoms with E-state index in [1.165, 1.54) is 12.1 Å². The lowest BCUT2D eigenvalue weighted by Gasteiger charge is -2.21. The predicted octanol–water partition coefficient (Wildman–Crippen LogP) is 0.509. The number of hydrogen-bond acceptors (Lipinski definition) is 6. The number of nitro groups is 1. The highest BCUT2D eigenvalue weighted by atomic mass is 16.6. The van der Waals surface area contributed by atoms with Crippen LogP contribution in [0.3, 0.4) is 0 Å². The summed E-state index contributed by atoms with van der Waals surface area (Å²) in [7, 11) is 0. The molecule has 1 aliphatic rings. The number of hydrogen-bond donors (Lipinski definition) is 2. The number of fused-ring (bicyclic) bond motifs is 1. The third-order valence-electron chi connectivity index (χ3n) is 3.35. The van der Waals surface area contributed by atoms with Crippen molar-refractivity contribution in [2.45, 2.75) is 18.9 Å². The first-order chi connectivity index (χ1) is 10.8. The van der Waals surface area contributed by atoms with Gasteiger partial charge in [0.1, 0.15) is 11.6 Å². The molecule has 1 atom stereocenters. The van der Waals surface area contributed by atoms with Crippen molar-refractivity contribution in [1.82, 2.24) is 4.90 Å². The first kappa shape index (κ1) is 16.1. The lowest BCUT2D eigenvalue weighted by Crippen LogP contribution is -2.45. The van der Waals surface area contributed by atoms with E-state index in [2.05, 4.69) is 0 Å². The van der Waals surface area contributed by atoms with Gasteiger partial charge >= 0.3 is 11.9 Å². The van der Waals surface area contributed by atoms with Gasteiger partial charge < -0.3 is 10.2 Å². The van der Waals surface area contributed by atoms with Crippen molar-refractivity contribution < 1.29 is 34.3 Å². The number of carbonyl (C=O) groups excluding carboxylic acids is 2. The summed E-state index contributed by atoms with van der Waals surface area (Å²) < 4.78 is 0. The van der Waals surface area contributed by atoms with Gasteiger partial charge in [0.15, 0.2) is 0 Å². The molecular weight excluding hydrogens is 313 g/mol. The number of carbonyl (C=O) groups is 4. The molecule has 1 aromatic carbocycles. The Morgan fingerprint density at radius 1 is 1.22 bits per heavy atom. The normalized spacial score (nSPS) is 14.5. The van der Waals surface area contributed by atoms with E-state index in [0.29, 0.717) is 4.90 Å². The highest BCUT2D eigenvalue weighted by Crippen LogP contribution is 2.32. The van der Waals surface area contributed by atoms with Crippen LogP contribution in [-0.2, 0) is 9.59 Å². The van der Waals surface area contributed by atoms with E-state index in [-0.39, 0.29) is 5.56 Å². The lowest BCUT2D eigenvalue weighted by molar-refractivity contribution is -0.385. The highest BCUT2D eigenvalue weighted by molar-refractivity contribution is 6.24. The minimum absolute atomic E-state index is 0.272. The number of aliphatic carboxylic acids is 2. The third-order valence-corrected chi connectivity index (χ3v) is 3.35. The van der Waals surface area contributed by atoms with Crippen LogP contribution in [-0.4, -0.2) is 49.8 Å². The van der Waals surface area contributed by atoms with Crippen molar-refractivity contribution in [3.05, 3.63) is 39.4 Å². The van der Waals surface area contributed by atoms with Gasteiger partial charge in [0.25, 0.3) is 17.5 Å². The number of carboxylic acid groups (broad SMARTS) is 2. The van der Waals surface area contributed by atoms with Gasteiger partial charge in [0.05, 0.1) is 10.5 Å². The Morgan fingerprint density at radius 2 is 1.87 bits per heavy atom. The van der Waals surface area contributed by atoms with Gasteiger partial charge in [-0.15, -0.1) is 0 Å². The van der Waals surface area contributed by atoms with Crippen molar-refractivity contribution in [2.24, 2.45) is 0 Å². The van der Waals surface area contributed by atoms with Crippen LogP contribution in [0.25, 0.3) is 0 Å². The van der Waals surface area contributed by atoms with Gasteiger partial charge in [-0.1, -0.05) is 6.07 Å². The van der Waals surface area contributed by atoms with Crippen molar-refractivity contribution in [3.8, 4) is 0 Å². The maximum Gasteiger partial charge on any atom is 0.326 e. The number of carboxylic acids is 2. The van der Waals surface area contributed by atoms with Crippen LogP contribution in [0.1, 0.15) is 33.6 Å². The molecule has 10 nitrogen and oxygen atoms in total. The molecule has 0 radical (unpaired) electrons. The molecule has 1 unspecified atom stereocenters. The molecule has 0 saturated heterocycles. The van der Waals surface area contributed by atoms with Crippen molar-refractivity contribution in [2.75, 3.05) is 0 Å². The Bertz CT molecular complexity index is 741. The third kappa shape index (κ3) is 2.73. The monoisotopic (exact) mass is 323 g/mol. The molecule has 23 heavy (non-hydrogen) atoms. The second kappa shape index (κ2) is 5.83. The van der Waals surface area contributed by atoms with Gasteiger partial charge in [0.2, 0.25) is 0 Å². The molecule has 0 aromatic heterocycles. The van der Waals surface area contributed by atoms with E-state index in [1.807, 2.05) is 0 Å². The number of nitro benzene ring substituents is 1. The number of rotatable bonds is 6. The average molecular weight is 323 g/mol. The van der Waals surface area contributed by atoms with Crippen LogP contribution >= 0.6 is 0 Å². The highest BCUT2D eigenvalue weighted by Gasteiger charge is 2.46. The van der Waals surface area contributed by atoms with Crippen LogP contribution in [0.4, 0.5) is 5.69 Å². The lowest BCUT2D eigenvalue weighted by atomic mass is 10.1. The van der Waals surface area contributed by atoms with Crippen LogP contribution in [0.2, 0.25) is 0 Å². The summed E-state index contributed by atoms with van der Waals surface area (Å²) >= 11 is 0. The summed E-state index contributed by atoms with van der Waals surface area (Å²) in [5.74, 6) is -4.97. The van der Waals surface area contributed by atoms with E-state index in [1.54, 1.807) is 0 Å². The Morgan fingerprint density at radius 3 is 2.39 bits per heavy atom. The fourth-order valence-corrected chi connectivity index (χ4v) is 2.34. The quantitative estimate of drug-likeness (QED) is 0.332. The zero-order valence-corrected chi connectivity index (χ0v) is 11.5. The SMILES string of the molecule is O=C(O)CCC(C(=O)O)[15N]1C(=O)c2cccc([N+](=O)[O-])c2C1=O. The smallest absolute Gasteiger partial charge is 0.326 e. The molecular formula is C13H10N2O8. The van der Waals surface area contributed by atoms with E-state index >= 15 is 0 Å². The minimum Gasteiger partial charge on any atom is -0.481 e. The van der Waals surface area contributed by atoms with Gasteiger partial charge in [-0.3, -0.25) is 29.4 Å². The van der Waals surface area contributed by atoms with E-state index < -0.39 is 58.8 Å². The Labute approximate surface area is 128 Å². The van der Waals surface area contributed by atoms with Crippen molar-refractivity contribution in [1.29, 1.82) is 0 Å². The molecule has 0 bridgehead atoms. The van der Waals surface area contributed by atoms with Crippen LogP contribution in [0.15, 0.2) is 18.2 Å². The zero-order valence-electron chi connectivity index (χ0n) is 11.5. The maximum absolute atomic E-state index is 12.3. The van der Waals surface area contributed by atoms with Gasteiger partial charge in [-0.2, -0.15) is 0 Å². The van der Waals surface area contributed by atoms with Crippen LogP contribution < -0.4 is 0 Å². The molecule has 0 aliphatic carbocycles. The summed E-state index contributed by atoms with van der Waals surface area (Å²) in [6.07, 6.45) is -1.07. The average Bonchev–Trinajstić information content (AvgIpc) is 2.72. The van der Waals surface area contributed by atoms with E-state index in [4.69, 9.17) is 10.2 Å². The number of benzene rings is 1. The second-order valence-electron chi connectivity index (χ2n) is 4.72. The Kier molecular flexibility index (Phi) is 4.08. The van der Waals surface area contributed by atoms with Crippen LogP contribution in [0, 0.1) is 10.1 Å². The molecule has 1 aliphatic heterocycles. The zero-order chi connectivity index (χ0) is 17.3. The molecule has 10 heteroatoms. The van der Waals surface area contributed by atoms with Gasteiger partial charge in [-0.25, -0.2) is 4.79 Å². The van der Waals surface area contributed by atoms with Crippen molar-refractivity contribution >= 4 is 29.4 Å². The second-order valence-corrected chi connectivity index (χ2v) is 4.72. The fourth-order valence-electron chi connectivity index (χ4n) is 2.34. The molecule has 0 spiro atoms. The number of nitrogens with zero attached hydrogens (tertiary/aromatic N) is 2. The summed E-state index contributed by atoms with van der Waals surface area (Å²) in [5, 5.41) is 28.8. The topological polar surface area (TPSA) is 155 Å². The first-order valence-electron chi connectivity index (χ1n) is 6.35. The summed E-state index contributed by atoms with van der Waals surface area (Å²) in [5.41, 5.74) is -1.36. The van der Waals surface area contributed by atoms with Gasteiger partial charge in [-0.05, 0) is 12.5 Å². The summed E-state index contributed by atoms with van der Waals surface area (Å²) in [6.45, 7) is 0. The standard InChI is InChI=1S/C13H10N2O8/c16-9(17)5-4-8(13(20)21)14-11(18)6-2-1-3-7(15(22)23)10(6)12(14)19/h1-3,8H,4-5H2,(H,16,17)(H,20,21)/i14+1. The Hall–Kier alpha value is -3.30. The molecule has 2 rings (SSSR count). The minimum atomic E-state index is -1.71. The largest absolute Gasteiger partial charge is 0.481 e. The molecule has 120 valence electrons. The molecule has 0 fully saturated rings. The molecule has 2 N–H and O–H groups in total. The maximum atomic E-state index is 12.3. The summed E-state index contributed by atoms with van der Waals surface area (Å²) in [6, 6.07) is 1.70. The number of imide groups is 1. The van der Waals surface area contributed by atoms with E-state index in [9.17, 15) is 29.3 Å². The number of amides is 2. The molecule has 1 aromatic rings. The Balaban J connectivity index is 2.46. The summed E-state index contributed by atoms with van der Waals surface area (Å²) in [4.78, 5) is 56.9. The molecule has 0 saturated carbocycles. The first-order valence-corrected chi connectivity index (χ1v) is 6.35. The fraction of sp³-hybridized carbons (Fsp3) is 0.231. The van der Waals surface area contributed by atoms with Crippen LogP contribution in [0.5, 0.6) is 0 Å². The van der Waals surface area contributed by atoms with E-state index in [0.717, 1.165) is 6.07 Å². The predicted molar refractivity (Wildman–Crippen MR) is 71.9 cm³/mol. The van der Waals surface area contributed by atoms with Gasteiger partial charge in [0, 0.05) is 12.5 Å². The molecule has 2 amide bonds. The van der Waals surface area contributed by atoms with Crippen molar-refractivity contribution in [3.63, 3.8) is 0 Å².